The highest BCUT2D eigenvalue weighted by Crippen LogP contribution is 2.03. The fraction of sp³-hybridized carbons (Fsp3) is 0. The molecule has 0 atom stereocenters. The molecular formula is C8H7NO. The van der Waals surface area contributed by atoms with Gasteiger partial charge in [-0.05, 0) is 10.7 Å². The molecule has 0 N–H and O–H groups in total. The first-order valence-corrected chi connectivity index (χ1v) is 2.97. The van der Waals surface area contributed by atoms with Gasteiger partial charge >= 0.3 is 0 Å². The van der Waals surface area contributed by atoms with E-state index < -0.39 is 0 Å². The van der Waals surface area contributed by atoms with Crippen LogP contribution in [0.1, 0.15) is 0 Å². The molecule has 0 amide bonds. The molecule has 0 spiro atoms. The smallest absolute Gasteiger partial charge is 0.0787 e. The lowest BCUT2D eigenvalue weighted by molar-refractivity contribution is 1.48. The normalized spacial score (nSPS) is 15.0. The highest BCUT2D eigenvalue weighted by molar-refractivity contribution is 5.36. The molecule has 2 nitrogen and oxygen atoms in total. The maximum Gasteiger partial charge on any atom is 0.0787 e. The molecule has 2 heteroatoms. The van der Waals surface area contributed by atoms with E-state index in [4.69, 9.17) is 0 Å². The maximum absolute atomic E-state index is 9.77. The third-order valence-electron chi connectivity index (χ3n) is 1.11. The van der Waals surface area contributed by atoms with Crippen molar-refractivity contribution in [1.29, 1.82) is 0 Å². The van der Waals surface area contributed by atoms with Gasteiger partial charge in [-0.3, -0.25) is 0 Å². The highest BCUT2D eigenvalue weighted by Gasteiger charge is 1.84. The van der Waals surface area contributed by atoms with Gasteiger partial charge in [-0.1, -0.05) is 36.5 Å². The van der Waals surface area contributed by atoms with E-state index in [1.54, 1.807) is 0 Å². The van der Waals surface area contributed by atoms with Crippen molar-refractivity contribution in [3.05, 3.63) is 53.1 Å². The second kappa shape index (κ2) is 3.56. The van der Waals surface area contributed by atoms with Gasteiger partial charge in [0.25, 0.3) is 0 Å². The van der Waals surface area contributed by atoms with Crippen molar-refractivity contribution < 1.29 is 0 Å². The van der Waals surface area contributed by atoms with Crippen molar-refractivity contribution in [1.82, 2.24) is 0 Å². The molecule has 10 heavy (non-hydrogen) atoms. The monoisotopic (exact) mass is 133 g/mol. The summed E-state index contributed by atoms with van der Waals surface area (Å²) in [6, 6.07) is 0. The number of nitroso groups, excluding NO2 is 1. The van der Waals surface area contributed by atoms with Crippen LogP contribution < -0.4 is 0 Å². The summed E-state index contributed by atoms with van der Waals surface area (Å²) < 4.78 is 0. The van der Waals surface area contributed by atoms with E-state index in [-0.39, 0.29) is 0 Å². The number of rotatable bonds is 1. The van der Waals surface area contributed by atoms with Crippen LogP contribution in [0.3, 0.4) is 0 Å². The molecule has 1 aliphatic rings. The van der Waals surface area contributed by atoms with E-state index in [1.165, 1.54) is 6.20 Å². The summed E-state index contributed by atoms with van der Waals surface area (Å²) in [6.07, 6.45) is 12.4. The standard InChI is InChI=1S/C8H7NO/c10-9-7-8-5-3-1-2-4-6-8/h1-7H. The van der Waals surface area contributed by atoms with Crippen molar-refractivity contribution in [2.24, 2.45) is 5.18 Å². The van der Waals surface area contributed by atoms with Gasteiger partial charge in [-0.2, -0.15) is 0 Å². The lowest BCUT2D eigenvalue weighted by Crippen LogP contribution is -1.65. The molecule has 0 aliphatic heterocycles. The first-order valence-electron chi connectivity index (χ1n) is 2.97. The molecule has 0 aromatic rings. The van der Waals surface area contributed by atoms with Crippen molar-refractivity contribution in [2.45, 2.75) is 0 Å². The molecule has 0 heterocycles. The summed E-state index contributed by atoms with van der Waals surface area (Å²) in [6.45, 7) is 0. The Morgan fingerprint density at radius 1 is 1.10 bits per heavy atom. The van der Waals surface area contributed by atoms with Crippen LogP contribution in [0.5, 0.6) is 0 Å². The van der Waals surface area contributed by atoms with Gasteiger partial charge in [-0.15, -0.1) is 4.91 Å². The highest BCUT2D eigenvalue weighted by atomic mass is 16.2. The summed E-state index contributed by atoms with van der Waals surface area (Å²) in [5.74, 6) is 0. The summed E-state index contributed by atoms with van der Waals surface area (Å²) in [7, 11) is 0. The Kier molecular flexibility index (Phi) is 2.38. The third-order valence-corrected chi connectivity index (χ3v) is 1.11. The Morgan fingerprint density at radius 3 is 2.20 bits per heavy atom. The zero-order valence-electron chi connectivity index (χ0n) is 5.40. The average Bonchev–Trinajstić information content (AvgIpc) is 2.17. The number of hydrogen-bond acceptors (Lipinski definition) is 2. The van der Waals surface area contributed by atoms with E-state index in [2.05, 4.69) is 5.18 Å². The Morgan fingerprint density at radius 2 is 1.70 bits per heavy atom. The molecule has 0 aromatic carbocycles. The van der Waals surface area contributed by atoms with Crippen molar-refractivity contribution in [3.63, 3.8) is 0 Å². The Hall–Kier alpha value is -1.44. The molecule has 0 saturated heterocycles. The fourth-order valence-electron chi connectivity index (χ4n) is 0.664. The molecule has 1 rings (SSSR count). The summed E-state index contributed by atoms with van der Waals surface area (Å²) in [5, 5.41) is 2.66. The molecule has 0 fully saturated rings. The average molecular weight is 133 g/mol. The molecule has 0 saturated carbocycles. The predicted molar refractivity (Wildman–Crippen MR) is 41.3 cm³/mol. The maximum atomic E-state index is 9.77. The largest absolute Gasteiger partial charge is 0.145 e. The quantitative estimate of drug-likeness (QED) is 0.505. The first kappa shape index (κ1) is 6.68. The van der Waals surface area contributed by atoms with Crippen LogP contribution in [0.15, 0.2) is 53.4 Å². The van der Waals surface area contributed by atoms with Crippen LogP contribution in [0.2, 0.25) is 0 Å². The van der Waals surface area contributed by atoms with Crippen LogP contribution in [0, 0.1) is 4.91 Å². The molecule has 0 unspecified atom stereocenters. The van der Waals surface area contributed by atoms with Crippen molar-refractivity contribution in [3.8, 4) is 0 Å². The molecule has 0 aromatic heterocycles. The topological polar surface area (TPSA) is 29.4 Å². The van der Waals surface area contributed by atoms with Gasteiger partial charge < -0.3 is 0 Å². The first-order chi connectivity index (χ1) is 4.93. The minimum Gasteiger partial charge on any atom is -0.145 e. The number of allylic oxidation sites excluding steroid dienone is 7. The van der Waals surface area contributed by atoms with Crippen LogP contribution in [0.25, 0.3) is 0 Å². The molecule has 50 valence electrons. The van der Waals surface area contributed by atoms with Crippen LogP contribution in [-0.4, -0.2) is 0 Å². The van der Waals surface area contributed by atoms with Crippen LogP contribution in [0.4, 0.5) is 0 Å². The summed E-state index contributed by atoms with van der Waals surface area (Å²) in [5.41, 5.74) is 0.819. The minimum absolute atomic E-state index is 0.819. The summed E-state index contributed by atoms with van der Waals surface area (Å²) in [4.78, 5) is 9.77. The van der Waals surface area contributed by atoms with E-state index in [9.17, 15) is 4.91 Å². The Bertz CT molecular complexity index is 216. The molecule has 0 radical (unpaired) electrons. The van der Waals surface area contributed by atoms with Gasteiger partial charge in [0.1, 0.15) is 0 Å². The fourth-order valence-corrected chi connectivity index (χ4v) is 0.664. The van der Waals surface area contributed by atoms with Crippen molar-refractivity contribution in [2.75, 3.05) is 0 Å². The minimum atomic E-state index is 0.819. The zero-order valence-corrected chi connectivity index (χ0v) is 5.40. The Labute approximate surface area is 59.2 Å². The van der Waals surface area contributed by atoms with E-state index in [0.717, 1.165) is 5.57 Å². The zero-order chi connectivity index (χ0) is 7.23. The second-order valence-corrected chi connectivity index (χ2v) is 1.84. The third kappa shape index (κ3) is 1.82. The van der Waals surface area contributed by atoms with Crippen molar-refractivity contribution >= 4 is 0 Å². The molecule has 1 aliphatic carbocycles. The van der Waals surface area contributed by atoms with E-state index in [1.807, 2.05) is 36.5 Å². The predicted octanol–water partition coefficient (Wildman–Crippen LogP) is 2.32. The van der Waals surface area contributed by atoms with Crippen LogP contribution >= 0.6 is 0 Å². The van der Waals surface area contributed by atoms with Gasteiger partial charge in [0.15, 0.2) is 0 Å². The lowest BCUT2D eigenvalue weighted by Gasteiger charge is -1.83. The van der Waals surface area contributed by atoms with Gasteiger partial charge in [-0.25, -0.2) is 0 Å². The number of nitrogens with zero attached hydrogens (tertiary/aromatic N) is 1. The van der Waals surface area contributed by atoms with E-state index in [0.29, 0.717) is 0 Å². The van der Waals surface area contributed by atoms with Gasteiger partial charge in [0.2, 0.25) is 0 Å². The Balaban J connectivity index is 2.81. The number of hydrogen-bond donors (Lipinski definition) is 0. The molecule has 0 bridgehead atoms. The van der Waals surface area contributed by atoms with Crippen LogP contribution in [-0.2, 0) is 0 Å². The van der Waals surface area contributed by atoms with Gasteiger partial charge in [0, 0.05) is 0 Å². The SMILES string of the molecule is O=NC=C1C=CC=CC=C1. The molecular weight excluding hydrogens is 126 g/mol. The second-order valence-electron chi connectivity index (χ2n) is 1.84. The lowest BCUT2D eigenvalue weighted by atomic mass is 10.2. The summed E-state index contributed by atoms with van der Waals surface area (Å²) >= 11 is 0. The van der Waals surface area contributed by atoms with E-state index >= 15 is 0 Å². The van der Waals surface area contributed by atoms with Gasteiger partial charge in [0.05, 0.1) is 6.20 Å².